The topological polar surface area (TPSA) is 54.0 Å². The molecular weight excluding hydrogens is 184 g/mol. The Labute approximate surface area is 75.7 Å². The minimum Gasteiger partial charge on any atom is -0.464 e. The monoisotopic (exact) mass is 196 g/mol. The molecule has 0 saturated carbocycles. The zero-order chi connectivity index (χ0) is 9.40. The Morgan fingerprint density at radius 2 is 2.25 bits per heavy atom. The predicted molar refractivity (Wildman–Crippen MR) is 42.9 cm³/mol. The molecule has 5 nitrogen and oxygen atoms in total. The van der Waals surface area contributed by atoms with E-state index < -0.39 is 12.1 Å². The molecule has 0 heterocycles. The molecule has 0 rings (SSSR count). The lowest BCUT2D eigenvalue weighted by atomic mass is 10.4. The van der Waals surface area contributed by atoms with Crippen molar-refractivity contribution in [2.45, 2.75) is 20.0 Å². The number of hydrogen-bond acceptors (Lipinski definition) is 6. The Morgan fingerprint density at radius 1 is 1.58 bits per heavy atom. The highest BCUT2D eigenvalue weighted by Crippen LogP contribution is 2.09. The van der Waals surface area contributed by atoms with Crippen LogP contribution in [0.4, 0.5) is 0 Å². The lowest BCUT2D eigenvalue weighted by Crippen LogP contribution is -2.20. The number of rotatable bonds is 6. The molecule has 0 aliphatic heterocycles. The van der Waals surface area contributed by atoms with Gasteiger partial charge in [0.2, 0.25) is 0 Å². The molecule has 0 aliphatic rings. The Balaban J connectivity index is 3.42. The summed E-state index contributed by atoms with van der Waals surface area (Å²) in [6, 6.07) is 0. The van der Waals surface area contributed by atoms with Gasteiger partial charge < -0.3 is 4.74 Å². The maximum Gasteiger partial charge on any atom is 0.336 e. The summed E-state index contributed by atoms with van der Waals surface area (Å²) in [5.74, 6) is -0.426. The number of carbonyl (C=O) groups is 1. The largest absolute Gasteiger partial charge is 0.464 e. The summed E-state index contributed by atoms with van der Waals surface area (Å²) in [6.07, 6.45) is -0.662. The Morgan fingerprint density at radius 3 is 2.75 bits per heavy atom. The lowest BCUT2D eigenvalue weighted by Gasteiger charge is -2.08. The summed E-state index contributed by atoms with van der Waals surface area (Å²) in [6.45, 7) is 3.62. The van der Waals surface area contributed by atoms with Crippen molar-refractivity contribution in [1.29, 1.82) is 0 Å². The van der Waals surface area contributed by atoms with Crippen LogP contribution in [0.25, 0.3) is 0 Å². The van der Waals surface area contributed by atoms with Crippen LogP contribution >= 0.6 is 12.3 Å². The normalized spacial score (nSPS) is 12.6. The van der Waals surface area contributed by atoms with Gasteiger partial charge in [0.1, 0.15) is 0 Å². The molecule has 0 aromatic rings. The number of hydrogen-bond donors (Lipinski definition) is 0. The van der Waals surface area contributed by atoms with E-state index in [1.165, 1.54) is 7.11 Å². The van der Waals surface area contributed by atoms with E-state index in [9.17, 15) is 4.79 Å². The molecule has 0 unspecified atom stereocenters. The van der Waals surface area contributed by atoms with Crippen LogP contribution < -0.4 is 0 Å². The molecule has 12 heavy (non-hydrogen) atoms. The summed E-state index contributed by atoms with van der Waals surface area (Å²) in [4.78, 5) is 15.1. The van der Waals surface area contributed by atoms with Crippen LogP contribution in [0.3, 0.4) is 0 Å². The van der Waals surface area contributed by atoms with Crippen molar-refractivity contribution in [3.8, 4) is 0 Å². The fraction of sp³-hybridized carbons (Fsp3) is 0.833. The first-order valence-electron chi connectivity index (χ1n) is 3.41. The van der Waals surface area contributed by atoms with Crippen molar-refractivity contribution >= 4 is 18.3 Å². The third-order valence-corrected chi connectivity index (χ3v) is 1.46. The quantitative estimate of drug-likeness (QED) is 0.208. The lowest BCUT2D eigenvalue weighted by molar-refractivity contribution is -0.170. The summed E-state index contributed by atoms with van der Waals surface area (Å²) in [5.41, 5.74) is 0. The average molecular weight is 196 g/mol. The van der Waals surface area contributed by atoms with Gasteiger partial charge in [0.05, 0.1) is 13.7 Å². The zero-order valence-corrected chi connectivity index (χ0v) is 8.05. The van der Waals surface area contributed by atoms with E-state index >= 15 is 0 Å². The Bertz CT molecular complexity index is 129. The molecule has 0 radical (unpaired) electrons. The van der Waals surface area contributed by atoms with Crippen molar-refractivity contribution in [3.05, 3.63) is 0 Å². The van der Waals surface area contributed by atoms with Gasteiger partial charge in [0, 0.05) is 0 Å². The van der Waals surface area contributed by atoms with Crippen molar-refractivity contribution in [2.75, 3.05) is 13.7 Å². The molecule has 0 aliphatic carbocycles. The van der Waals surface area contributed by atoms with Crippen LogP contribution in [0, 0.1) is 0 Å². The van der Waals surface area contributed by atoms with Crippen LogP contribution in [0.5, 0.6) is 0 Å². The molecule has 0 saturated heterocycles. The summed E-state index contributed by atoms with van der Waals surface area (Å²) >= 11 is 0.592. The summed E-state index contributed by atoms with van der Waals surface area (Å²) in [5, 5.41) is 0. The minimum absolute atomic E-state index is 0.336. The summed E-state index contributed by atoms with van der Waals surface area (Å²) in [7, 11) is 1.34. The predicted octanol–water partition coefficient (Wildman–Crippen LogP) is 1.10. The van der Waals surface area contributed by atoms with Gasteiger partial charge in [-0.05, 0) is 13.8 Å². The number of carbonyl (C=O) groups excluding carboxylic acids is 1. The molecule has 6 heteroatoms. The van der Waals surface area contributed by atoms with E-state index in [1.807, 2.05) is 0 Å². The fourth-order valence-electron chi connectivity index (χ4n) is 0.402. The van der Waals surface area contributed by atoms with Crippen LogP contribution in [-0.2, 0) is 22.9 Å². The van der Waals surface area contributed by atoms with E-state index in [0.717, 1.165) is 0 Å². The highest BCUT2D eigenvalue weighted by atomic mass is 32.2. The first kappa shape index (κ1) is 11.7. The third-order valence-electron chi connectivity index (χ3n) is 0.898. The van der Waals surface area contributed by atoms with E-state index in [4.69, 9.17) is 4.18 Å². The van der Waals surface area contributed by atoms with E-state index in [-0.39, 0.29) is 0 Å². The second-order valence-electron chi connectivity index (χ2n) is 1.79. The Kier molecular flexibility index (Phi) is 7.17. The number of esters is 1. The molecule has 0 aromatic carbocycles. The third kappa shape index (κ3) is 5.36. The van der Waals surface area contributed by atoms with Crippen molar-refractivity contribution in [2.24, 2.45) is 0 Å². The molecule has 0 aromatic heterocycles. The number of ether oxygens (including phenoxy) is 1. The molecule has 0 N–H and O–H groups in total. The van der Waals surface area contributed by atoms with Gasteiger partial charge in [-0.2, -0.15) is 0 Å². The Hall–Kier alpha value is -0.300. The second kappa shape index (κ2) is 7.35. The highest BCUT2D eigenvalue weighted by molar-refractivity contribution is 7.89. The molecule has 0 amide bonds. The van der Waals surface area contributed by atoms with Crippen LogP contribution in [0.2, 0.25) is 0 Å². The van der Waals surface area contributed by atoms with Crippen LogP contribution in [-0.4, -0.2) is 25.8 Å². The highest BCUT2D eigenvalue weighted by Gasteiger charge is 2.15. The smallest absolute Gasteiger partial charge is 0.336 e. The molecule has 0 bridgehead atoms. The van der Waals surface area contributed by atoms with Gasteiger partial charge in [0.25, 0.3) is 0 Å². The van der Waals surface area contributed by atoms with Crippen LogP contribution in [0.1, 0.15) is 13.8 Å². The molecule has 0 fully saturated rings. The summed E-state index contributed by atoms with van der Waals surface area (Å²) < 4.78 is 13.8. The van der Waals surface area contributed by atoms with Gasteiger partial charge in [-0.1, -0.05) is 0 Å². The second-order valence-corrected chi connectivity index (χ2v) is 2.26. The SMILES string of the molecule is CCOC(=O)[C@@H](C)OSOOC. The first-order chi connectivity index (χ1) is 5.72. The average Bonchev–Trinajstić information content (AvgIpc) is 2.05. The van der Waals surface area contributed by atoms with Crippen molar-refractivity contribution in [1.82, 2.24) is 0 Å². The molecule has 72 valence electrons. The van der Waals surface area contributed by atoms with Gasteiger partial charge in [-0.15, -0.1) is 4.33 Å². The zero-order valence-electron chi connectivity index (χ0n) is 7.23. The van der Waals surface area contributed by atoms with Gasteiger partial charge >= 0.3 is 5.97 Å². The minimum atomic E-state index is -0.662. The van der Waals surface area contributed by atoms with E-state index in [2.05, 4.69) is 14.0 Å². The van der Waals surface area contributed by atoms with Gasteiger partial charge in [-0.3, -0.25) is 4.18 Å². The maximum atomic E-state index is 10.9. The standard InChI is InChI=1S/C6H12O5S/c1-4-9-6(7)5(2)10-12-11-8-3/h5H,4H2,1-3H3/t5-/m1/s1. The first-order valence-corrected chi connectivity index (χ1v) is 4.08. The maximum absolute atomic E-state index is 10.9. The van der Waals surface area contributed by atoms with Crippen LogP contribution in [0.15, 0.2) is 0 Å². The molecular formula is C6H12O5S. The van der Waals surface area contributed by atoms with Gasteiger partial charge in [-0.25, -0.2) is 9.68 Å². The van der Waals surface area contributed by atoms with E-state index in [0.29, 0.717) is 18.9 Å². The van der Waals surface area contributed by atoms with Crippen molar-refractivity contribution in [3.63, 3.8) is 0 Å². The van der Waals surface area contributed by atoms with Gasteiger partial charge in [0.15, 0.2) is 18.4 Å². The molecule has 1 atom stereocenters. The van der Waals surface area contributed by atoms with Crippen molar-refractivity contribution < 1.29 is 22.9 Å². The fourth-order valence-corrected chi connectivity index (χ4v) is 0.686. The molecule has 0 spiro atoms. The van der Waals surface area contributed by atoms with E-state index in [1.54, 1.807) is 13.8 Å².